The highest BCUT2D eigenvalue weighted by atomic mass is 32.1. The number of carbonyl (C=O) groups excluding carboxylic acids is 1. The van der Waals surface area contributed by atoms with Gasteiger partial charge in [-0.1, -0.05) is 6.07 Å². The number of carbonyl (C=O) groups is 1. The molecule has 4 aliphatic rings. The molecule has 4 saturated carbocycles. The van der Waals surface area contributed by atoms with Gasteiger partial charge in [-0.15, -0.1) is 11.3 Å². The summed E-state index contributed by atoms with van der Waals surface area (Å²) in [6, 6.07) is 6.04. The maximum atomic E-state index is 13.2. The van der Waals surface area contributed by atoms with Crippen LogP contribution >= 0.6 is 11.3 Å². The molecule has 1 amide bonds. The third-order valence-corrected chi connectivity index (χ3v) is 7.73. The van der Waals surface area contributed by atoms with Gasteiger partial charge in [-0.3, -0.25) is 4.79 Å². The monoisotopic (exact) mass is 378 g/mol. The van der Waals surface area contributed by atoms with Crippen LogP contribution in [0, 0.1) is 17.8 Å². The Labute approximate surface area is 161 Å². The average Bonchev–Trinajstić information content (AvgIpc) is 3.30. The smallest absolute Gasteiger partial charge is 0.257 e. The van der Waals surface area contributed by atoms with E-state index in [1.807, 2.05) is 17.5 Å². The van der Waals surface area contributed by atoms with E-state index < -0.39 is 0 Å². The van der Waals surface area contributed by atoms with Gasteiger partial charge < -0.3 is 5.32 Å². The highest BCUT2D eigenvalue weighted by molar-refractivity contribution is 7.13. The molecule has 3 heterocycles. The maximum absolute atomic E-state index is 13.2. The molecular weight excluding hydrogens is 356 g/mol. The van der Waals surface area contributed by atoms with E-state index in [4.69, 9.17) is 0 Å². The van der Waals surface area contributed by atoms with Gasteiger partial charge in [0.2, 0.25) is 0 Å². The maximum Gasteiger partial charge on any atom is 0.257 e. The van der Waals surface area contributed by atoms with Crippen LogP contribution in [0.3, 0.4) is 0 Å². The molecule has 7 rings (SSSR count). The zero-order valence-corrected chi connectivity index (χ0v) is 15.9. The van der Waals surface area contributed by atoms with Crippen LogP contribution in [0.5, 0.6) is 0 Å². The van der Waals surface area contributed by atoms with E-state index in [0.29, 0.717) is 11.2 Å². The molecule has 0 aromatic carbocycles. The molecule has 4 fully saturated rings. The molecule has 0 spiro atoms. The summed E-state index contributed by atoms with van der Waals surface area (Å²) < 4.78 is 1.79. The summed E-state index contributed by atoms with van der Waals surface area (Å²) in [6.45, 7) is 0. The predicted molar refractivity (Wildman–Crippen MR) is 105 cm³/mol. The van der Waals surface area contributed by atoms with Gasteiger partial charge in [0.05, 0.1) is 16.8 Å². The SMILES string of the molecule is O=C(NC12CC3CC(CC(C3)C1)C2)c1cnn2c(-c3cccs3)ccnc12. The number of nitrogens with one attached hydrogen (secondary N) is 1. The second-order valence-corrected chi connectivity index (χ2v) is 9.70. The van der Waals surface area contributed by atoms with Gasteiger partial charge in [0.25, 0.3) is 5.91 Å². The standard InChI is InChI=1S/C21H22N4OS/c26-20(24-21-9-13-6-14(10-21)8-15(7-13)11-21)16-12-23-25-17(3-4-22-19(16)25)18-2-1-5-27-18/h1-5,12-15H,6-11H2,(H,24,26). The lowest BCUT2D eigenvalue weighted by molar-refractivity contribution is -0.0166. The molecule has 0 unspecified atom stereocenters. The summed E-state index contributed by atoms with van der Waals surface area (Å²) in [6.07, 6.45) is 11.0. The molecule has 138 valence electrons. The van der Waals surface area contributed by atoms with Crippen molar-refractivity contribution in [1.29, 1.82) is 0 Å². The van der Waals surface area contributed by atoms with Gasteiger partial charge in [0.15, 0.2) is 5.65 Å². The second-order valence-electron chi connectivity index (χ2n) is 8.75. The molecule has 1 N–H and O–H groups in total. The molecular formula is C21H22N4OS. The Morgan fingerprint density at radius 1 is 1.15 bits per heavy atom. The van der Waals surface area contributed by atoms with Crippen molar-refractivity contribution in [3.8, 4) is 10.6 Å². The first-order valence-corrected chi connectivity index (χ1v) is 10.8. The Morgan fingerprint density at radius 2 is 1.89 bits per heavy atom. The summed E-state index contributed by atoms with van der Waals surface area (Å²) in [4.78, 5) is 18.8. The fourth-order valence-electron chi connectivity index (χ4n) is 6.23. The Morgan fingerprint density at radius 3 is 2.56 bits per heavy atom. The van der Waals surface area contributed by atoms with Gasteiger partial charge in [-0.25, -0.2) is 9.50 Å². The Kier molecular flexibility index (Phi) is 3.30. The number of hydrogen-bond acceptors (Lipinski definition) is 4. The van der Waals surface area contributed by atoms with Crippen molar-refractivity contribution >= 4 is 22.9 Å². The van der Waals surface area contributed by atoms with Crippen LogP contribution in [0.25, 0.3) is 16.2 Å². The van der Waals surface area contributed by atoms with Gasteiger partial charge in [0, 0.05) is 11.7 Å². The van der Waals surface area contributed by atoms with Crippen molar-refractivity contribution in [1.82, 2.24) is 19.9 Å². The van der Waals surface area contributed by atoms with Gasteiger partial charge >= 0.3 is 0 Å². The first-order chi connectivity index (χ1) is 13.2. The van der Waals surface area contributed by atoms with E-state index in [1.165, 1.54) is 19.3 Å². The van der Waals surface area contributed by atoms with Crippen molar-refractivity contribution in [3.05, 3.63) is 41.5 Å². The van der Waals surface area contributed by atoms with Crippen molar-refractivity contribution in [2.75, 3.05) is 0 Å². The topological polar surface area (TPSA) is 59.3 Å². The summed E-state index contributed by atoms with van der Waals surface area (Å²) in [5, 5.41) is 9.98. The second kappa shape index (κ2) is 5.64. The first-order valence-electron chi connectivity index (χ1n) is 9.88. The van der Waals surface area contributed by atoms with E-state index in [1.54, 1.807) is 28.2 Å². The molecule has 3 aromatic heterocycles. The summed E-state index contributed by atoms with van der Waals surface area (Å²) in [7, 11) is 0. The number of thiophene rings is 1. The van der Waals surface area contributed by atoms with Crippen LogP contribution in [-0.2, 0) is 0 Å². The minimum absolute atomic E-state index is 0.00541. The van der Waals surface area contributed by atoms with Crippen molar-refractivity contribution in [2.45, 2.75) is 44.1 Å². The molecule has 27 heavy (non-hydrogen) atoms. The lowest BCUT2D eigenvalue weighted by Gasteiger charge is -2.56. The molecule has 4 bridgehead atoms. The van der Waals surface area contributed by atoms with Gasteiger partial charge in [-0.2, -0.15) is 5.10 Å². The molecule has 0 saturated heterocycles. The number of rotatable bonds is 3. The lowest BCUT2D eigenvalue weighted by Crippen LogP contribution is -2.59. The molecule has 3 aromatic rings. The van der Waals surface area contributed by atoms with Crippen LogP contribution in [0.4, 0.5) is 0 Å². The molecule has 0 aliphatic heterocycles. The van der Waals surface area contributed by atoms with E-state index in [9.17, 15) is 4.79 Å². The van der Waals surface area contributed by atoms with Crippen LogP contribution in [0.15, 0.2) is 36.0 Å². The van der Waals surface area contributed by atoms with Crippen LogP contribution < -0.4 is 5.32 Å². The van der Waals surface area contributed by atoms with E-state index in [2.05, 4.69) is 21.5 Å². The molecule has 6 heteroatoms. The predicted octanol–water partition coefficient (Wildman–Crippen LogP) is 4.16. The molecule has 0 radical (unpaired) electrons. The normalized spacial score (nSPS) is 31.5. The summed E-state index contributed by atoms with van der Waals surface area (Å²) >= 11 is 1.66. The van der Waals surface area contributed by atoms with E-state index in [0.717, 1.165) is 47.6 Å². The van der Waals surface area contributed by atoms with Crippen molar-refractivity contribution in [2.24, 2.45) is 17.8 Å². The molecule has 5 nitrogen and oxygen atoms in total. The minimum atomic E-state index is -0.0113. The number of aromatic nitrogens is 3. The summed E-state index contributed by atoms with van der Waals surface area (Å²) in [5.74, 6) is 2.42. The van der Waals surface area contributed by atoms with Crippen LogP contribution in [-0.4, -0.2) is 26.0 Å². The number of hydrogen-bond donors (Lipinski definition) is 1. The first kappa shape index (κ1) is 15.8. The number of nitrogens with zero attached hydrogens (tertiary/aromatic N) is 3. The van der Waals surface area contributed by atoms with Crippen molar-refractivity contribution in [3.63, 3.8) is 0 Å². The van der Waals surface area contributed by atoms with E-state index >= 15 is 0 Å². The largest absolute Gasteiger partial charge is 0.346 e. The molecule has 4 aliphatic carbocycles. The van der Waals surface area contributed by atoms with Gasteiger partial charge in [0.1, 0.15) is 5.56 Å². The fourth-order valence-corrected chi connectivity index (χ4v) is 6.97. The Hall–Kier alpha value is -2.21. The van der Waals surface area contributed by atoms with Crippen molar-refractivity contribution < 1.29 is 4.79 Å². The zero-order valence-electron chi connectivity index (χ0n) is 15.1. The lowest BCUT2D eigenvalue weighted by atomic mass is 9.53. The third kappa shape index (κ3) is 2.46. The average molecular weight is 379 g/mol. The third-order valence-electron chi connectivity index (χ3n) is 6.84. The highest BCUT2D eigenvalue weighted by Gasteiger charge is 2.51. The quantitative estimate of drug-likeness (QED) is 0.745. The van der Waals surface area contributed by atoms with Crippen LogP contribution in [0.2, 0.25) is 0 Å². The number of amides is 1. The fraction of sp³-hybridized carbons (Fsp3) is 0.476. The summed E-state index contributed by atoms with van der Waals surface area (Å²) in [5.41, 5.74) is 2.21. The van der Waals surface area contributed by atoms with Gasteiger partial charge in [-0.05, 0) is 73.8 Å². The molecule has 0 atom stereocenters. The number of fused-ring (bicyclic) bond motifs is 1. The minimum Gasteiger partial charge on any atom is -0.346 e. The zero-order chi connectivity index (χ0) is 18.0. The van der Waals surface area contributed by atoms with Crippen LogP contribution in [0.1, 0.15) is 48.9 Å². The Balaban J connectivity index is 1.34. The highest BCUT2D eigenvalue weighted by Crippen LogP contribution is 2.55. The Bertz CT molecular complexity index is 987. The van der Waals surface area contributed by atoms with E-state index in [-0.39, 0.29) is 11.4 Å².